The molecule has 2 aromatic rings. The summed E-state index contributed by atoms with van der Waals surface area (Å²) in [6.45, 7) is 2.44. The van der Waals surface area contributed by atoms with Crippen molar-refractivity contribution in [1.29, 1.82) is 0 Å². The highest BCUT2D eigenvalue weighted by Crippen LogP contribution is 2.23. The number of hydrogen-bond donors (Lipinski definition) is 1. The van der Waals surface area contributed by atoms with Gasteiger partial charge < -0.3 is 4.90 Å². The average molecular weight is 434 g/mol. The topological polar surface area (TPSA) is 78.8 Å². The number of hydrogen-bond acceptors (Lipinski definition) is 4. The Morgan fingerprint density at radius 2 is 1.97 bits per heavy atom. The number of nitrogens with zero attached hydrogens (tertiary/aromatic N) is 2. The summed E-state index contributed by atoms with van der Waals surface area (Å²) in [6, 6.07) is 13.3. The van der Waals surface area contributed by atoms with E-state index in [0.717, 1.165) is 18.4 Å². The Kier molecular flexibility index (Phi) is 6.59. The van der Waals surface area contributed by atoms with Crippen LogP contribution in [0.1, 0.15) is 37.3 Å². The molecule has 1 unspecified atom stereocenters. The Balaban J connectivity index is 1.86. The molecule has 6 nitrogen and oxygen atoms in total. The summed E-state index contributed by atoms with van der Waals surface area (Å²) in [6.07, 6.45) is 2.27. The van der Waals surface area contributed by atoms with Crippen molar-refractivity contribution in [3.63, 3.8) is 0 Å². The van der Waals surface area contributed by atoms with Crippen molar-refractivity contribution >= 4 is 33.4 Å². The standard InChI is InChI=1S/C21H24ClN3O3S/c1-3-4-11-18(21(26)25(2)14-15-8-7-9-16(22)13-15)23-20-17-10-5-6-12-19(17)29(27,28)24-20/h5-10,12-13,18H,3-4,11,14H2,1-2H3,(H,23,24). The number of nitrogens with one attached hydrogen (secondary N) is 1. The van der Waals surface area contributed by atoms with Gasteiger partial charge in [-0.1, -0.05) is 55.6 Å². The zero-order valence-corrected chi connectivity index (χ0v) is 18.0. The lowest BCUT2D eigenvalue weighted by atomic mass is 10.1. The highest BCUT2D eigenvalue weighted by atomic mass is 35.5. The SMILES string of the molecule is CCCCC(N=C1NS(=O)(=O)c2ccccc21)C(=O)N(C)Cc1cccc(Cl)c1. The number of aliphatic imine (C=N–C) groups is 1. The van der Waals surface area contributed by atoms with E-state index in [1.807, 2.05) is 25.1 Å². The maximum Gasteiger partial charge on any atom is 0.263 e. The van der Waals surface area contributed by atoms with Crippen LogP contribution in [0.2, 0.25) is 5.02 Å². The van der Waals surface area contributed by atoms with E-state index >= 15 is 0 Å². The second kappa shape index (κ2) is 8.97. The predicted molar refractivity (Wildman–Crippen MR) is 115 cm³/mol. The lowest BCUT2D eigenvalue weighted by Gasteiger charge is -2.22. The molecule has 154 valence electrons. The van der Waals surface area contributed by atoms with Gasteiger partial charge >= 0.3 is 0 Å². The first kappa shape index (κ1) is 21.3. The van der Waals surface area contributed by atoms with Gasteiger partial charge in [0.15, 0.2) is 0 Å². The first-order valence-corrected chi connectivity index (χ1v) is 11.4. The van der Waals surface area contributed by atoms with Gasteiger partial charge in [0.25, 0.3) is 10.0 Å². The first-order valence-electron chi connectivity index (χ1n) is 9.51. The third-order valence-electron chi connectivity index (χ3n) is 4.75. The first-order chi connectivity index (χ1) is 13.8. The van der Waals surface area contributed by atoms with Crippen LogP contribution in [0.25, 0.3) is 0 Å². The van der Waals surface area contributed by atoms with Crippen LogP contribution in [0.5, 0.6) is 0 Å². The molecule has 0 aliphatic carbocycles. The molecule has 1 N–H and O–H groups in total. The average Bonchev–Trinajstić information content (AvgIpc) is 2.95. The third kappa shape index (κ3) is 4.97. The Morgan fingerprint density at radius 3 is 2.69 bits per heavy atom. The highest BCUT2D eigenvalue weighted by molar-refractivity contribution is 7.90. The zero-order chi connectivity index (χ0) is 21.0. The number of sulfonamides is 1. The van der Waals surface area contributed by atoms with Crippen LogP contribution in [0.15, 0.2) is 58.4 Å². The van der Waals surface area contributed by atoms with Crippen molar-refractivity contribution in [3.05, 3.63) is 64.7 Å². The molecule has 2 aromatic carbocycles. The van der Waals surface area contributed by atoms with Crippen LogP contribution >= 0.6 is 11.6 Å². The molecule has 1 aliphatic rings. The smallest absolute Gasteiger partial charge is 0.263 e. The van der Waals surface area contributed by atoms with Gasteiger partial charge in [-0.15, -0.1) is 0 Å². The van der Waals surface area contributed by atoms with Crippen molar-refractivity contribution in [2.45, 2.75) is 43.7 Å². The summed E-state index contributed by atoms with van der Waals surface area (Å²) in [5.74, 6) is 0.0701. The van der Waals surface area contributed by atoms with E-state index in [0.29, 0.717) is 23.6 Å². The molecule has 1 aliphatic heterocycles. The number of halogens is 1. The molecule has 0 radical (unpaired) electrons. The van der Waals surface area contributed by atoms with Crippen LogP contribution in [0.3, 0.4) is 0 Å². The Bertz CT molecular complexity index is 1040. The van der Waals surface area contributed by atoms with Crippen LogP contribution < -0.4 is 4.72 Å². The number of carbonyl (C=O) groups excluding carboxylic acids is 1. The second-order valence-corrected chi connectivity index (χ2v) is 9.15. The molecule has 0 fully saturated rings. The number of unbranched alkanes of at least 4 members (excludes halogenated alkanes) is 1. The minimum Gasteiger partial charge on any atom is -0.340 e. The predicted octanol–water partition coefficient (Wildman–Crippen LogP) is 3.60. The van der Waals surface area contributed by atoms with E-state index in [9.17, 15) is 13.2 Å². The molecule has 0 spiro atoms. The summed E-state index contributed by atoms with van der Waals surface area (Å²) in [7, 11) is -1.92. The van der Waals surface area contributed by atoms with Crippen molar-refractivity contribution in [1.82, 2.24) is 9.62 Å². The lowest BCUT2D eigenvalue weighted by molar-refractivity contribution is -0.131. The number of carbonyl (C=O) groups is 1. The fourth-order valence-corrected chi connectivity index (χ4v) is 4.72. The van der Waals surface area contributed by atoms with Gasteiger partial charge in [0.2, 0.25) is 5.91 Å². The Labute approximate surface area is 176 Å². The maximum absolute atomic E-state index is 13.1. The molecule has 8 heteroatoms. The van der Waals surface area contributed by atoms with Crippen LogP contribution in [0.4, 0.5) is 0 Å². The van der Waals surface area contributed by atoms with Crippen molar-refractivity contribution < 1.29 is 13.2 Å². The lowest BCUT2D eigenvalue weighted by Crippen LogP contribution is -2.36. The zero-order valence-electron chi connectivity index (χ0n) is 16.4. The molecule has 0 saturated heterocycles. The molecular formula is C21H24ClN3O3S. The van der Waals surface area contributed by atoms with Gasteiger partial charge in [0, 0.05) is 24.2 Å². The summed E-state index contributed by atoms with van der Waals surface area (Å²) in [5.41, 5.74) is 1.42. The second-order valence-electron chi connectivity index (χ2n) is 7.06. The van der Waals surface area contributed by atoms with E-state index in [-0.39, 0.29) is 16.6 Å². The molecule has 29 heavy (non-hydrogen) atoms. The third-order valence-corrected chi connectivity index (χ3v) is 6.38. The molecule has 0 saturated carbocycles. The number of amidine groups is 1. The molecule has 0 aromatic heterocycles. The van der Waals surface area contributed by atoms with E-state index in [1.165, 1.54) is 6.07 Å². The quantitative estimate of drug-likeness (QED) is 0.724. The Hall–Kier alpha value is -2.38. The molecular weight excluding hydrogens is 410 g/mol. The minimum absolute atomic E-state index is 0.158. The fourth-order valence-electron chi connectivity index (χ4n) is 3.27. The van der Waals surface area contributed by atoms with Crippen molar-refractivity contribution in [2.24, 2.45) is 4.99 Å². The number of benzene rings is 2. The van der Waals surface area contributed by atoms with E-state index < -0.39 is 16.1 Å². The molecule has 1 heterocycles. The molecule has 1 atom stereocenters. The monoisotopic (exact) mass is 433 g/mol. The van der Waals surface area contributed by atoms with Crippen LogP contribution in [0, 0.1) is 0 Å². The molecule has 1 amide bonds. The number of fused-ring (bicyclic) bond motifs is 1. The van der Waals surface area contributed by atoms with Gasteiger partial charge in [-0.3, -0.25) is 14.5 Å². The van der Waals surface area contributed by atoms with Gasteiger partial charge in [0.05, 0.1) is 4.90 Å². The molecule has 3 rings (SSSR count). The van der Waals surface area contributed by atoms with E-state index in [4.69, 9.17) is 11.6 Å². The van der Waals surface area contributed by atoms with Crippen LogP contribution in [-0.4, -0.2) is 38.2 Å². The number of amides is 1. The summed E-state index contributed by atoms with van der Waals surface area (Å²) >= 11 is 6.04. The highest BCUT2D eigenvalue weighted by Gasteiger charge is 2.32. The fraction of sp³-hybridized carbons (Fsp3) is 0.333. The van der Waals surface area contributed by atoms with Gasteiger partial charge in [0.1, 0.15) is 11.9 Å². The Morgan fingerprint density at radius 1 is 1.21 bits per heavy atom. The number of rotatable bonds is 7. The van der Waals surface area contributed by atoms with E-state index in [2.05, 4.69) is 9.71 Å². The largest absolute Gasteiger partial charge is 0.340 e. The van der Waals surface area contributed by atoms with E-state index in [1.54, 1.807) is 36.2 Å². The van der Waals surface area contributed by atoms with Crippen molar-refractivity contribution in [3.8, 4) is 0 Å². The van der Waals surface area contributed by atoms with Gasteiger partial charge in [-0.2, -0.15) is 0 Å². The number of likely N-dealkylation sites (N-methyl/N-ethyl adjacent to an activating group) is 1. The normalized spacial score (nSPS) is 16.9. The summed E-state index contributed by atoms with van der Waals surface area (Å²) in [4.78, 5) is 19.4. The summed E-state index contributed by atoms with van der Waals surface area (Å²) in [5, 5.41) is 0.614. The minimum atomic E-state index is -3.64. The van der Waals surface area contributed by atoms with Gasteiger partial charge in [-0.25, -0.2) is 8.42 Å². The van der Waals surface area contributed by atoms with Crippen molar-refractivity contribution in [2.75, 3.05) is 7.05 Å². The maximum atomic E-state index is 13.1. The summed E-state index contributed by atoms with van der Waals surface area (Å²) < 4.78 is 27.2. The van der Waals surface area contributed by atoms with Gasteiger partial charge in [-0.05, 0) is 36.2 Å². The van der Waals surface area contributed by atoms with Crippen LogP contribution in [-0.2, 0) is 21.4 Å². The molecule has 0 bridgehead atoms.